The first-order valence-electron chi connectivity index (χ1n) is 7.49. The zero-order valence-corrected chi connectivity index (χ0v) is 12.9. The molecule has 0 saturated carbocycles. The fourth-order valence-electron chi connectivity index (χ4n) is 2.84. The number of rotatable bonds is 5. The fourth-order valence-corrected chi connectivity index (χ4v) is 2.84. The van der Waals surface area contributed by atoms with Gasteiger partial charge in [-0.2, -0.15) is 0 Å². The second-order valence-corrected chi connectivity index (χ2v) is 5.88. The molecule has 2 aromatic carbocycles. The smallest absolute Gasteiger partial charge is 0.128 e. The van der Waals surface area contributed by atoms with Gasteiger partial charge in [-0.25, -0.2) is 0 Å². The van der Waals surface area contributed by atoms with E-state index in [1.54, 1.807) is 0 Å². The van der Waals surface area contributed by atoms with E-state index in [4.69, 9.17) is 0 Å². The average Bonchev–Trinajstić information content (AvgIpc) is 2.44. The summed E-state index contributed by atoms with van der Waals surface area (Å²) < 4.78 is 0. The lowest BCUT2D eigenvalue weighted by Crippen LogP contribution is -2.30. The molecule has 0 heterocycles. The summed E-state index contributed by atoms with van der Waals surface area (Å²) in [5.41, 5.74) is 1.02. The first-order valence-corrected chi connectivity index (χ1v) is 7.49. The van der Waals surface area contributed by atoms with Crippen molar-refractivity contribution in [1.29, 1.82) is 0 Å². The molecular weight excluding hydrogens is 246 g/mol. The lowest BCUT2D eigenvalue weighted by atomic mass is 9.99. The third-order valence-corrected chi connectivity index (χ3v) is 3.94. The van der Waals surface area contributed by atoms with Crippen LogP contribution in [0.3, 0.4) is 0 Å². The van der Waals surface area contributed by atoms with Crippen LogP contribution < -0.4 is 0 Å². The van der Waals surface area contributed by atoms with Crippen LogP contribution in [0.25, 0.3) is 10.8 Å². The Kier molecular flexibility index (Phi) is 4.66. The minimum absolute atomic E-state index is 0.229. The van der Waals surface area contributed by atoms with Crippen LogP contribution in [-0.2, 0) is 0 Å². The van der Waals surface area contributed by atoms with Gasteiger partial charge in [0.05, 0.1) is 0 Å². The number of benzene rings is 2. The highest BCUT2D eigenvalue weighted by atomic mass is 16.3. The van der Waals surface area contributed by atoms with Gasteiger partial charge < -0.3 is 5.11 Å². The number of phenolic OH excluding ortho intramolecular Hbond substituents is 1. The van der Waals surface area contributed by atoms with Gasteiger partial charge in [-0.05, 0) is 24.8 Å². The Morgan fingerprint density at radius 2 is 1.75 bits per heavy atom. The molecular formula is C18H25NO. The molecule has 0 radical (unpaired) electrons. The van der Waals surface area contributed by atoms with Gasteiger partial charge in [-0.15, -0.1) is 0 Å². The summed E-state index contributed by atoms with van der Waals surface area (Å²) in [5, 5.41) is 12.6. The van der Waals surface area contributed by atoms with Crippen LogP contribution in [0.1, 0.15) is 39.3 Å². The molecule has 20 heavy (non-hydrogen) atoms. The summed E-state index contributed by atoms with van der Waals surface area (Å²) in [6, 6.07) is 12.4. The molecule has 2 aromatic rings. The maximum absolute atomic E-state index is 10.6. The highest BCUT2D eigenvalue weighted by Crippen LogP contribution is 2.34. The van der Waals surface area contributed by atoms with E-state index < -0.39 is 0 Å². The van der Waals surface area contributed by atoms with Gasteiger partial charge in [-0.1, -0.05) is 57.2 Å². The topological polar surface area (TPSA) is 23.5 Å². The van der Waals surface area contributed by atoms with Gasteiger partial charge in [-0.3, -0.25) is 4.90 Å². The number of aromatic hydroxyl groups is 1. The lowest BCUT2D eigenvalue weighted by molar-refractivity contribution is 0.195. The summed E-state index contributed by atoms with van der Waals surface area (Å²) in [6.45, 7) is 10.9. The highest BCUT2D eigenvalue weighted by molar-refractivity contribution is 5.89. The standard InChI is InChI=1S/C18H25NO/c1-5-19(12-13(2)3)14(4)16-11-10-15-8-6-7-9-17(15)18(16)20/h6-11,13-14,20H,5,12H2,1-4H3. The predicted octanol–water partition coefficient (Wildman–Crippen LogP) is 4.58. The van der Waals surface area contributed by atoms with Crippen molar-refractivity contribution in [3.63, 3.8) is 0 Å². The van der Waals surface area contributed by atoms with Gasteiger partial charge in [0, 0.05) is 23.5 Å². The van der Waals surface area contributed by atoms with E-state index in [0.717, 1.165) is 29.4 Å². The maximum Gasteiger partial charge on any atom is 0.128 e. The number of hydrogen-bond acceptors (Lipinski definition) is 2. The van der Waals surface area contributed by atoms with Crippen molar-refractivity contribution in [2.45, 2.75) is 33.7 Å². The molecule has 2 rings (SSSR count). The second kappa shape index (κ2) is 6.27. The van der Waals surface area contributed by atoms with Gasteiger partial charge in [0.25, 0.3) is 0 Å². The summed E-state index contributed by atoms with van der Waals surface area (Å²) in [5.74, 6) is 1.05. The lowest BCUT2D eigenvalue weighted by Gasteiger charge is -2.30. The molecule has 0 aliphatic rings. The van der Waals surface area contributed by atoms with E-state index >= 15 is 0 Å². The van der Waals surface area contributed by atoms with Gasteiger partial charge in [0.1, 0.15) is 5.75 Å². The molecule has 2 nitrogen and oxygen atoms in total. The largest absolute Gasteiger partial charge is 0.507 e. The van der Waals surface area contributed by atoms with E-state index in [0.29, 0.717) is 11.7 Å². The Bertz CT molecular complexity index is 577. The number of phenols is 1. The van der Waals surface area contributed by atoms with Crippen molar-refractivity contribution in [2.75, 3.05) is 13.1 Å². The monoisotopic (exact) mass is 271 g/mol. The maximum atomic E-state index is 10.6. The number of fused-ring (bicyclic) bond motifs is 1. The van der Waals surface area contributed by atoms with Crippen LogP contribution in [0.4, 0.5) is 0 Å². The molecule has 0 amide bonds. The molecule has 0 spiro atoms. The van der Waals surface area contributed by atoms with Crippen molar-refractivity contribution in [1.82, 2.24) is 4.90 Å². The van der Waals surface area contributed by atoms with E-state index in [-0.39, 0.29) is 6.04 Å². The van der Waals surface area contributed by atoms with Crippen molar-refractivity contribution < 1.29 is 5.11 Å². The highest BCUT2D eigenvalue weighted by Gasteiger charge is 2.19. The molecule has 0 fully saturated rings. The number of nitrogens with zero attached hydrogens (tertiary/aromatic N) is 1. The predicted molar refractivity (Wildman–Crippen MR) is 86.1 cm³/mol. The molecule has 0 aliphatic carbocycles. The zero-order chi connectivity index (χ0) is 14.7. The SMILES string of the molecule is CCN(CC(C)C)C(C)c1ccc2ccccc2c1O. The molecule has 1 N–H and O–H groups in total. The van der Waals surface area contributed by atoms with Crippen molar-refractivity contribution >= 4 is 10.8 Å². The van der Waals surface area contributed by atoms with Crippen LogP contribution in [0.15, 0.2) is 36.4 Å². The molecule has 0 bridgehead atoms. The van der Waals surface area contributed by atoms with Gasteiger partial charge in [0.2, 0.25) is 0 Å². The van der Waals surface area contributed by atoms with E-state index in [1.807, 2.05) is 24.3 Å². The minimum Gasteiger partial charge on any atom is -0.507 e. The Balaban J connectivity index is 2.38. The van der Waals surface area contributed by atoms with Gasteiger partial charge in [0.15, 0.2) is 0 Å². The first-order chi connectivity index (χ1) is 9.54. The molecule has 1 atom stereocenters. The Morgan fingerprint density at radius 1 is 1.05 bits per heavy atom. The Morgan fingerprint density at radius 3 is 2.40 bits per heavy atom. The first kappa shape index (κ1) is 14.9. The van der Waals surface area contributed by atoms with Crippen LogP contribution in [0.5, 0.6) is 5.75 Å². The van der Waals surface area contributed by atoms with E-state index in [2.05, 4.69) is 44.7 Å². The van der Waals surface area contributed by atoms with E-state index in [9.17, 15) is 5.11 Å². The fraction of sp³-hybridized carbons (Fsp3) is 0.444. The molecule has 108 valence electrons. The normalized spacial score (nSPS) is 13.3. The van der Waals surface area contributed by atoms with E-state index in [1.165, 1.54) is 0 Å². The second-order valence-electron chi connectivity index (χ2n) is 5.88. The Hall–Kier alpha value is -1.54. The van der Waals surface area contributed by atoms with Crippen molar-refractivity contribution in [2.24, 2.45) is 5.92 Å². The van der Waals surface area contributed by atoms with Crippen LogP contribution in [0.2, 0.25) is 0 Å². The molecule has 1 unspecified atom stereocenters. The van der Waals surface area contributed by atoms with Crippen LogP contribution in [-0.4, -0.2) is 23.1 Å². The van der Waals surface area contributed by atoms with Crippen molar-refractivity contribution in [3.8, 4) is 5.75 Å². The summed E-state index contributed by atoms with van der Waals surface area (Å²) in [4.78, 5) is 2.41. The summed E-state index contributed by atoms with van der Waals surface area (Å²) in [7, 11) is 0. The molecule has 0 saturated heterocycles. The Labute approximate surface area is 122 Å². The number of hydrogen-bond donors (Lipinski definition) is 1. The molecule has 0 aromatic heterocycles. The average molecular weight is 271 g/mol. The minimum atomic E-state index is 0.229. The summed E-state index contributed by atoms with van der Waals surface area (Å²) in [6.07, 6.45) is 0. The molecule has 2 heteroatoms. The quantitative estimate of drug-likeness (QED) is 0.860. The third kappa shape index (κ3) is 2.96. The van der Waals surface area contributed by atoms with Crippen LogP contribution >= 0.6 is 0 Å². The third-order valence-electron chi connectivity index (χ3n) is 3.94. The van der Waals surface area contributed by atoms with Crippen LogP contribution in [0, 0.1) is 5.92 Å². The van der Waals surface area contributed by atoms with Crippen molar-refractivity contribution in [3.05, 3.63) is 42.0 Å². The van der Waals surface area contributed by atoms with Gasteiger partial charge >= 0.3 is 0 Å². The zero-order valence-electron chi connectivity index (χ0n) is 12.9. The summed E-state index contributed by atoms with van der Waals surface area (Å²) >= 11 is 0. The molecule has 0 aliphatic heterocycles.